The summed E-state index contributed by atoms with van der Waals surface area (Å²) in [5.41, 5.74) is 0. The number of hydrogen-bond donors (Lipinski definition) is 1. The molecule has 1 saturated heterocycles. The standard InChI is InChI=1S/C8H14OS2/c9-5-3-1-2-4-8-10-6-7-11-8/h4,9H,1-3,5-7H2. The van der Waals surface area contributed by atoms with Gasteiger partial charge >= 0.3 is 0 Å². The third-order valence-electron chi connectivity index (χ3n) is 1.50. The van der Waals surface area contributed by atoms with Gasteiger partial charge in [0.15, 0.2) is 0 Å². The number of hydrogen-bond acceptors (Lipinski definition) is 3. The number of aliphatic hydroxyl groups is 1. The Morgan fingerprint density at radius 2 is 2.00 bits per heavy atom. The van der Waals surface area contributed by atoms with E-state index in [4.69, 9.17) is 5.11 Å². The van der Waals surface area contributed by atoms with Gasteiger partial charge in [-0.3, -0.25) is 0 Å². The lowest BCUT2D eigenvalue weighted by atomic mass is 10.2. The van der Waals surface area contributed by atoms with E-state index in [1.54, 1.807) is 0 Å². The maximum Gasteiger partial charge on any atom is 0.0431 e. The number of unbranched alkanes of at least 4 members (excludes halogenated alkanes) is 2. The first-order chi connectivity index (χ1) is 5.43. The van der Waals surface area contributed by atoms with Crippen LogP contribution in [0.1, 0.15) is 19.3 Å². The maximum absolute atomic E-state index is 8.53. The van der Waals surface area contributed by atoms with Crippen molar-refractivity contribution in [2.45, 2.75) is 19.3 Å². The van der Waals surface area contributed by atoms with E-state index in [9.17, 15) is 0 Å². The van der Waals surface area contributed by atoms with Gasteiger partial charge in [-0.1, -0.05) is 6.08 Å². The number of aliphatic hydroxyl groups excluding tert-OH is 1. The summed E-state index contributed by atoms with van der Waals surface area (Å²) < 4.78 is 1.49. The van der Waals surface area contributed by atoms with Crippen LogP contribution < -0.4 is 0 Å². The molecule has 64 valence electrons. The maximum atomic E-state index is 8.53. The van der Waals surface area contributed by atoms with E-state index in [1.165, 1.54) is 15.7 Å². The highest BCUT2D eigenvalue weighted by atomic mass is 32.2. The van der Waals surface area contributed by atoms with Crippen molar-refractivity contribution < 1.29 is 5.11 Å². The first kappa shape index (κ1) is 9.49. The molecule has 0 aromatic heterocycles. The summed E-state index contributed by atoms with van der Waals surface area (Å²) in [6.45, 7) is 0.337. The molecule has 1 rings (SSSR count). The molecule has 1 heterocycles. The number of thioether (sulfide) groups is 2. The van der Waals surface area contributed by atoms with Gasteiger partial charge in [0.2, 0.25) is 0 Å². The Morgan fingerprint density at radius 3 is 2.64 bits per heavy atom. The molecule has 1 aliphatic rings. The van der Waals surface area contributed by atoms with Gasteiger partial charge in [-0.05, 0) is 19.3 Å². The smallest absolute Gasteiger partial charge is 0.0431 e. The van der Waals surface area contributed by atoms with Crippen molar-refractivity contribution in [1.82, 2.24) is 0 Å². The molecule has 0 amide bonds. The van der Waals surface area contributed by atoms with Crippen LogP contribution in [0.25, 0.3) is 0 Å². The van der Waals surface area contributed by atoms with Crippen LogP contribution >= 0.6 is 23.5 Å². The lowest BCUT2D eigenvalue weighted by molar-refractivity contribution is 0.285. The van der Waals surface area contributed by atoms with Gasteiger partial charge in [-0.25, -0.2) is 0 Å². The molecule has 0 unspecified atom stereocenters. The van der Waals surface area contributed by atoms with Crippen LogP contribution in [0.5, 0.6) is 0 Å². The minimum atomic E-state index is 0.337. The van der Waals surface area contributed by atoms with E-state index in [2.05, 4.69) is 6.08 Å². The highest BCUT2D eigenvalue weighted by molar-refractivity contribution is 8.25. The van der Waals surface area contributed by atoms with E-state index in [0.717, 1.165) is 19.3 Å². The Labute approximate surface area is 76.6 Å². The van der Waals surface area contributed by atoms with Crippen molar-refractivity contribution in [1.29, 1.82) is 0 Å². The molecule has 1 aliphatic heterocycles. The van der Waals surface area contributed by atoms with Gasteiger partial charge < -0.3 is 5.11 Å². The quantitative estimate of drug-likeness (QED) is 0.688. The van der Waals surface area contributed by atoms with E-state index in [0.29, 0.717) is 6.61 Å². The molecule has 0 aromatic carbocycles. The van der Waals surface area contributed by atoms with E-state index >= 15 is 0 Å². The van der Waals surface area contributed by atoms with Crippen molar-refractivity contribution in [3.63, 3.8) is 0 Å². The molecular formula is C8H14OS2. The third kappa shape index (κ3) is 4.09. The molecule has 0 bridgehead atoms. The van der Waals surface area contributed by atoms with Gasteiger partial charge in [0.05, 0.1) is 0 Å². The largest absolute Gasteiger partial charge is 0.396 e. The fourth-order valence-corrected chi connectivity index (χ4v) is 3.29. The van der Waals surface area contributed by atoms with Crippen LogP contribution in [-0.2, 0) is 0 Å². The minimum absolute atomic E-state index is 0.337. The summed E-state index contributed by atoms with van der Waals surface area (Å²) in [6, 6.07) is 0. The van der Waals surface area contributed by atoms with Gasteiger partial charge in [-0.15, -0.1) is 23.5 Å². The number of rotatable bonds is 4. The second-order valence-electron chi connectivity index (χ2n) is 2.44. The minimum Gasteiger partial charge on any atom is -0.396 e. The Hall–Kier alpha value is 0.400. The monoisotopic (exact) mass is 190 g/mol. The highest BCUT2D eigenvalue weighted by Gasteiger charge is 2.06. The van der Waals surface area contributed by atoms with Crippen molar-refractivity contribution in [2.75, 3.05) is 18.1 Å². The van der Waals surface area contributed by atoms with Crippen LogP contribution in [0.2, 0.25) is 0 Å². The summed E-state index contributed by atoms with van der Waals surface area (Å²) in [4.78, 5) is 0. The van der Waals surface area contributed by atoms with Crippen molar-refractivity contribution in [3.05, 3.63) is 10.3 Å². The molecule has 0 aromatic rings. The summed E-state index contributed by atoms with van der Waals surface area (Å²) in [5.74, 6) is 2.55. The van der Waals surface area contributed by atoms with Crippen molar-refractivity contribution >= 4 is 23.5 Å². The molecule has 3 heteroatoms. The zero-order chi connectivity index (χ0) is 7.94. The zero-order valence-corrected chi connectivity index (χ0v) is 8.22. The second kappa shape index (κ2) is 5.98. The Balaban J connectivity index is 2.03. The molecule has 1 fully saturated rings. The Bertz CT molecular complexity index is 126. The van der Waals surface area contributed by atoms with Crippen molar-refractivity contribution in [3.8, 4) is 0 Å². The summed E-state index contributed by atoms with van der Waals surface area (Å²) >= 11 is 3.92. The van der Waals surface area contributed by atoms with Gasteiger partial charge in [-0.2, -0.15) is 0 Å². The average Bonchev–Trinajstić information content (AvgIpc) is 2.50. The molecule has 0 atom stereocenters. The average molecular weight is 190 g/mol. The van der Waals surface area contributed by atoms with Crippen molar-refractivity contribution in [2.24, 2.45) is 0 Å². The third-order valence-corrected chi connectivity index (χ3v) is 4.18. The van der Waals surface area contributed by atoms with Crippen LogP contribution in [-0.4, -0.2) is 23.2 Å². The van der Waals surface area contributed by atoms with Gasteiger partial charge in [0, 0.05) is 22.3 Å². The number of allylic oxidation sites excluding steroid dienone is 1. The van der Waals surface area contributed by atoms with Crippen LogP contribution in [0.3, 0.4) is 0 Å². The van der Waals surface area contributed by atoms with Crippen LogP contribution in [0.15, 0.2) is 10.3 Å². The fourth-order valence-electron chi connectivity index (χ4n) is 0.920. The predicted octanol–water partition coefficient (Wildman–Crippen LogP) is 2.47. The Morgan fingerprint density at radius 1 is 1.27 bits per heavy atom. The van der Waals surface area contributed by atoms with Crippen LogP contribution in [0.4, 0.5) is 0 Å². The summed E-state index contributed by atoms with van der Waals surface area (Å²) in [6.07, 6.45) is 5.51. The van der Waals surface area contributed by atoms with E-state index in [-0.39, 0.29) is 0 Å². The normalized spacial score (nSPS) is 17.4. The van der Waals surface area contributed by atoms with Gasteiger partial charge in [0.25, 0.3) is 0 Å². The second-order valence-corrected chi connectivity index (χ2v) is 4.97. The van der Waals surface area contributed by atoms with Crippen LogP contribution in [0, 0.1) is 0 Å². The molecule has 0 aliphatic carbocycles. The topological polar surface area (TPSA) is 20.2 Å². The molecule has 1 nitrogen and oxygen atoms in total. The summed E-state index contributed by atoms with van der Waals surface area (Å²) in [5, 5.41) is 8.53. The SMILES string of the molecule is OCCCCC=C1SCCS1. The van der Waals surface area contributed by atoms with E-state index < -0.39 is 0 Å². The molecule has 1 N–H and O–H groups in total. The zero-order valence-electron chi connectivity index (χ0n) is 6.58. The molecule has 0 radical (unpaired) electrons. The van der Waals surface area contributed by atoms with Gasteiger partial charge in [0.1, 0.15) is 0 Å². The van der Waals surface area contributed by atoms with E-state index in [1.807, 2.05) is 23.5 Å². The molecule has 0 spiro atoms. The summed E-state index contributed by atoms with van der Waals surface area (Å²) in [7, 11) is 0. The predicted molar refractivity (Wildman–Crippen MR) is 53.9 cm³/mol. The molecule has 11 heavy (non-hydrogen) atoms. The lowest BCUT2D eigenvalue weighted by Crippen LogP contribution is -1.80. The molecular weight excluding hydrogens is 176 g/mol. The highest BCUT2D eigenvalue weighted by Crippen LogP contribution is 2.36. The Kier molecular flexibility index (Phi) is 5.15. The lowest BCUT2D eigenvalue weighted by Gasteiger charge is -1.94. The fraction of sp³-hybridized carbons (Fsp3) is 0.750. The first-order valence-electron chi connectivity index (χ1n) is 4.00. The molecule has 0 saturated carbocycles. The first-order valence-corrected chi connectivity index (χ1v) is 5.97.